The summed E-state index contributed by atoms with van der Waals surface area (Å²) in [6.07, 6.45) is 0. The van der Waals surface area contributed by atoms with Gasteiger partial charge in [0.2, 0.25) is 0 Å². The molecular formula is C42H30N2. The molecule has 1 heterocycles. The molecule has 0 atom stereocenters. The van der Waals surface area contributed by atoms with Crippen LogP contribution in [0.1, 0.15) is 0 Å². The second-order valence-electron chi connectivity index (χ2n) is 11.0. The van der Waals surface area contributed by atoms with Crippen LogP contribution >= 0.6 is 0 Å². The minimum absolute atomic E-state index is 1.11. The summed E-state index contributed by atoms with van der Waals surface area (Å²) < 4.78 is 2.41. The van der Waals surface area contributed by atoms with E-state index in [4.69, 9.17) is 0 Å². The molecule has 8 aromatic rings. The quantitative estimate of drug-likeness (QED) is 0.196. The van der Waals surface area contributed by atoms with E-state index in [2.05, 4.69) is 191 Å². The zero-order chi connectivity index (χ0) is 29.3. The standard InChI is InChI=1S/C42H30N2/c1-4-13-31(14-5-1)33-23-27-36(28-24-33)43(37-29-25-34(26-30-37)32-15-6-2-7-16-32)41-22-12-20-39-38-19-10-11-21-40(38)44(42(39)41)35-17-8-3-9-18-35/h1-30H. The molecule has 44 heavy (non-hydrogen) atoms. The van der Waals surface area contributed by atoms with E-state index in [0.717, 1.165) is 22.7 Å². The Morgan fingerprint density at radius 1 is 0.341 bits per heavy atom. The summed E-state index contributed by atoms with van der Waals surface area (Å²) in [5, 5.41) is 2.47. The number of hydrogen-bond donors (Lipinski definition) is 0. The first-order chi connectivity index (χ1) is 21.8. The lowest BCUT2D eigenvalue weighted by Crippen LogP contribution is -2.11. The largest absolute Gasteiger partial charge is 0.308 e. The number of fused-ring (bicyclic) bond motifs is 3. The molecule has 0 saturated heterocycles. The third-order valence-corrected chi connectivity index (χ3v) is 8.39. The third kappa shape index (κ3) is 4.54. The summed E-state index contributed by atoms with van der Waals surface area (Å²) >= 11 is 0. The molecule has 0 bridgehead atoms. The van der Waals surface area contributed by atoms with Gasteiger partial charge in [0.05, 0.1) is 16.7 Å². The molecule has 0 saturated carbocycles. The summed E-state index contributed by atoms with van der Waals surface area (Å²) in [6.45, 7) is 0. The van der Waals surface area contributed by atoms with Gasteiger partial charge in [-0.25, -0.2) is 0 Å². The number of para-hydroxylation sites is 3. The summed E-state index contributed by atoms with van der Waals surface area (Å²) in [7, 11) is 0. The first-order valence-electron chi connectivity index (χ1n) is 15.0. The van der Waals surface area contributed by atoms with Gasteiger partial charge in [-0.3, -0.25) is 0 Å². The van der Waals surface area contributed by atoms with Crippen LogP contribution in [0, 0.1) is 0 Å². The Labute approximate surface area is 257 Å². The first kappa shape index (κ1) is 25.8. The Morgan fingerprint density at radius 3 is 1.36 bits per heavy atom. The van der Waals surface area contributed by atoms with Crippen molar-refractivity contribution in [1.29, 1.82) is 0 Å². The average Bonchev–Trinajstić information content (AvgIpc) is 3.45. The van der Waals surface area contributed by atoms with Crippen LogP contribution in [0.15, 0.2) is 182 Å². The third-order valence-electron chi connectivity index (χ3n) is 8.39. The van der Waals surface area contributed by atoms with E-state index in [9.17, 15) is 0 Å². The highest BCUT2D eigenvalue weighted by molar-refractivity contribution is 6.14. The maximum absolute atomic E-state index is 2.41. The van der Waals surface area contributed by atoms with Gasteiger partial charge in [0.15, 0.2) is 0 Å². The Morgan fingerprint density at radius 2 is 0.795 bits per heavy atom. The van der Waals surface area contributed by atoms with Crippen molar-refractivity contribution in [2.24, 2.45) is 0 Å². The van der Waals surface area contributed by atoms with Gasteiger partial charge in [-0.05, 0) is 70.8 Å². The first-order valence-corrected chi connectivity index (χ1v) is 15.0. The maximum Gasteiger partial charge on any atom is 0.0782 e. The van der Waals surface area contributed by atoms with Crippen LogP contribution in [0.3, 0.4) is 0 Å². The number of benzene rings is 7. The van der Waals surface area contributed by atoms with Crippen LogP contribution in [-0.2, 0) is 0 Å². The molecule has 2 nitrogen and oxygen atoms in total. The topological polar surface area (TPSA) is 8.17 Å². The van der Waals surface area contributed by atoms with Crippen LogP contribution in [0.4, 0.5) is 17.1 Å². The van der Waals surface area contributed by atoms with Crippen molar-refractivity contribution in [3.8, 4) is 27.9 Å². The molecule has 8 rings (SSSR count). The molecule has 1 aromatic heterocycles. The van der Waals surface area contributed by atoms with Gasteiger partial charge in [0.25, 0.3) is 0 Å². The zero-order valence-electron chi connectivity index (χ0n) is 24.2. The lowest BCUT2D eigenvalue weighted by atomic mass is 10.0. The highest BCUT2D eigenvalue weighted by atomic mass is 15.2. The minimum atomic E-state index is 1.11. The SMILES string of the molecule is c1ccc(-c2ccc(N(c3ccc(-c4ccccc4)cc3)c3cccc4c5ccccc5n(-c5ccccc5)c34)cc2)cc1. The van der Waals surface area contributed by atoms with Crippen LogP contribution < -0.4 is 4.90 Å². The van der Waals surface area contributed by atoms with Crippen molar-refractivity contribution in [2.75, 3.05) is 4.90 Å². The van der Waals surface area contributed by atoms with Gasteiger partial charge in [-0.15, -0.1) is 0 Å². The highest BCUT2D eigenvalue weighted by Gasteiger charge is 2.21. The second kappa shape index (κ2) is 11.1. The molecule has 0 aliphatic heterocycles. The van der Waals surface area contributed by atoms with E-state index in [1.54, 1.807) is 0 Å². The van der Waals surface area contributed by atoms with Crippen LogP contribution in [0.5, 0.6) is 0 Å². The molecule has 7 aromatic carbocycles. The van der Waals surface area contributed by atoms with E-state index in [1.165, 1.54) is 44.1 Å². The minimum Gasteiger partial charge on any atom is -0.308 e. The molecule has 0 N–H and O–H groups in total. The Balaban J connectivity index is 1.36. The lowest BCUT2D eigenvalue weighted by molar-refractivity contribution is 1.17. The van der Waals surface area contributed by atoms with E-state index in [0.29, 0.717) is 0 Å². The monoisotopic (exact) mass is 562 g/mol. The molecule has 0 radical (unpaired) electrons. The molecule has 0 amide bonds. The number of anilines is 3. The predicted molar refractivity (Wildman–Crippen MR) is 186 cm³/mol. The van der Waals surface area contributed by atoms with Gasteiger partial charge in [-0.1, -0.05) is 133 Å². The van der Waals surface area contributed by atoms with Crippen LogP contribution in [0.25, 0.3) is 49.7 Å². The molecule has 2 heteroatoms. The lowest BCUT2D eigenvalue weighted by Gasteiger charge is -2.27. The van der Waals surface area contributed by atoms with E-state index in [-0.39, 0.29) is 0 Å². The van der Waals surface area contributed by atoms with Crippen molar-refractivity contribution in [3.05, 3.63) is 182 Å². The van der Waals surface area contributed by atoms with Crippen molar-refractivity contribution < 1.29 is 0 Å². The maximum atomic E-state index is 2.41. The number of nitrogens with zero attached hydrogens (tertiary/aromatic N) is 2. The highest BCUT2D eigenvalue weighted by Crippen LogP contribution is 2.43. The summed E-state index contributed by atoms with van der Waals surface area (Å²) in [5.41, 5.74) is 11.7. The summed E-state index contributed by atoms with van der Waals surface area (Å²) in [5.74, 6) is 0. The number of rotatable bonds is 6. The normalized spacial score (nSPS) is 11.2. The molecule has 208 valence electrons. The molecule has 0 spiro atoms. The van der Waals surface area contributed by atoms with Crippen LogP contribution in [-0.4, -0.2) is 4.57 Å². The van der Waals surface area contributed by atoms with Crippen molar-refractivity contribution in [1.82, 2.24) is 4.57 Å². The molecule has 0 aliphatic carbocycles. The fourth-order valence-electron chi connectivity index (χ4n) is 6.32. The zero-order valence-corrected chi connectivity index (χ0v) is 24.2. The van der Waals surface area contributed by atoms with Gasteiger partial charge >= 0.3 is 0 Å². The Hall–Kier alpha value is -5.86. The molecule has 0 fully saturated rings. The van der Waals surface area contributed by atoms with Gasteiger partial charge in [0.1, 0.15) is 0 Å². The fourth-order valence-corrected chi connectivity index (χ4v) is 6.32. The Bertz CT molecular complexity index is 2100. The van der Waals surface area contributed by atoms with Crippen molar-refractivity contribution in [3.63, 3.8) is 0 Å². The fraction of sp³-hybridized carbons (Fsp3) is 0. The van der Waals surface area contributed by atoms with E-state index < -0.39 is 0 Å². The Kier molecular flexibility index (Phi) is 6.51. The van der Waals surface area contributed by atoms with Crippen molar-refractivity contribution in [2.45, 2.75) is 0 Å². The second-order valence-corrected chi connectivity index (χ2v) is 11.0. The van der Waals surface area contributed by atoms with Crippen LogP contribution in [0.2, 0.25) is 0 Å². The molecule has 0 aliphatic rings. The van der Waals surface area contributed by atoms with Gasteiger partial charge < -0.3 is 9.47 Å². The number of aromatic nitrogens is 1. The van der Waals surface area contributed by atoms with E-state index >= 15 is 0 Å². The van der Waals surface area contributed by atoms with Crippen molar-refractivity contribution >= 4 is 38.9 Å². The summed E-state index contributed by atoms with van der Waals surface area (Å²) in [4.78, 5) is 2.39. The average molecular weight is 563 g/mol. The molecular weight excluding hydrogens is 532 g/mol. The predicted octanol–water partition coefficient (Wildman–Crippen LogP) is 11.6. The molecule has 0 unspecified atom stereocenters. The van der Waals surface area contributed by atoms with E-state index in [1.807, 2.05) is 0 Å². The van der Waals surface area contributed by atoms with Gasteiger partial charge in [0, 0.05) is 27.8 Å². The van der Waals surface area contributed by atoms with Gasteiger partial charge in [-0.2, -0.15) is 0 Å². The summed E-state index contributed by atoms with van der Waals surface area (Å²) in [6, 6.07) is 65.0. The number of hydrogen-bond acceptors (Lipinski definition) is 1. The smallest absolute Gasteiger partial charge is 0.0782 e.